The number of alkyl carbamates (subject to hydrolysis) is 1. The van der Waals surface area contributed by atoms with Crippen LogP contribution in [0.4, 0.5) is 4.79 Å². The van der Waals surface area contributed by atoms with Gasteiger partial charge in [-0.05, 0) is 18.5 Å². The fourth-order valence-electron chi connectivity index (χ4n) is 2.35. The predicted molar refractivity (Wildman–Crippen MR) is 76.5 cm³/mol. The van der Waals surface area contributed by atoms with Crippen molar-refractivity contribution in [3.8, 4) is 0 Å². The molecule has 1 aliphatic rings. The Hall–Kier alpha value is -2.08. The van der Waals surface area contributed by atoms with Crippen molar-refractivity contribution in [3.63, 3.8) is 0 Å². The molecule has 2 atom stereocenters. The first kappa shape index (κ1) is 15.3. The third-order valence-corrected chi connectivity index (χ3v) is 3.50. The van der Waals surface area contributed by atoms with E-state index in [1.807, 2.05) is 30.3 Å². The van der Waals surface area contributed by atoms with Gasteiger partial charge in [-0.25, -0.2) is 4.79 Å². The van der Waals surface area contributed by atoms with E-state index in [0.717, 1.165) is 12.1 Å². The van der Waals surface area contributed by atoms with Crippen molar-refractivity contribution < 1.29 is 19.1 Å². The highest BCUT2D eigenvalue weighted by molar-refractivity contribution is 5.75. The van der Waals surface area contributed by atoms with Crippen LogP contribution < -0.4 is 10.6 Å². The van der Waals surface area contributed by atoms with Gasteiger partial charge in [-0.15, -0.1) is 0 Å². The van der Waals surface area contributed by atoms with Crippen molar-refractivity contribution in [2.75, 3.05) is 20.2 Å². The van der Waals surface area contributed by atoms with E-state index >= 15 is 0 Å². The summed E-state index contributed by atoms with van der Waals surface area (Å²) in [6.45, 7) is 1.45. The number of ether oxygens (including phenoxy) is 2. The van der Waals surface area contributed by atoms with E-state index < -0.39 is 6.09 Å². The first-order valence-corrected chi connectivity index (χ1v) is 6.96. The van der Waals surface area contributed by atoms with E-state index in [1.165, 1.54) is 7.11 Å². The molecule has 6 nitrogen and oxygen atoms in total. The second-order valence-corrected chi connectivity index (χ2v) is 4.94. The number of methoxy groups -OCH3 is 1. The maximum Gasteiger partial charge on any atom is 0.407 e. The highest BCUT2D eigenvalue weighted by atomic mass is 16.5. The summed E-state index contributed by atoms with van der Waals surface area (Å²) in [5.41, 5.74) is 0.919. The number of carbonyl (C=O) groups excluding carboxylic acids is 2. The van der Waals surface area contributed by atoms with Gasteiger partial charge >= 0.3 is 12.1 Å². The number of nitrogens with one attached hydrogen (secondary N) is 2. The Kier molecular flexibility index (Phi) is 5.57. The van der Waals surface area contributed by atoms with Crippen LogP contribution in [0.2, 0.25) is 0 Å². The van der Waals surface area contributed by atoms with Gasteiger partial charge in [0.1, 0.15) is 6.61 Å². The van der Waals surface area contributed by atoms with Gasteiger partial charge < -0.3 is 20.1 Å². The van der Waals surface area contributed by atoms with Crippen LogP contribution >= 0.6 is 0 Å². The molecule has 1 aromatic rings. The quantitative estimate of drug-likeness (QED) is 0.812. The molecule has 1 aliphatic heterocycles. The average molecular weight is 292 g/mol. The van der Waals surface area contributed by atoms with Crippen molar-refractivity contribution in [1.82, 2.24) is 10.6 Å². The fraction of sp³-hybridized carbons (Fsp3) is 0.467. The SMILES string of the molecule is COC(=O)C1CNCCC1NC(=O)OCc1ccccc1. The van der Waals surface area contributed by atoms with E-state index in [1.54, 1.807) is 0 Å². The van der Waals surface area contributed by atoms with Crippen LogP contribution in [0.25, 0.3) is 0 Å². The molecule has 0 aromatic heterocycles. The van der Waals surface area contributed by atoms with Gasteiger partial charge in [-0.3, -0.25) is 4.79 Å². The van der Waals surface area contributed by atoms with Gasteiger partial charge in [-0.1, -0.05) is 30.3 Å². The molecule has 114 valence electrons. The van der Waals surface area contributed by atoms with Gasteiger partial charge in [0.05, 0.1) is 13.0 Å². The van der Waals surface area contributed by atoms with Gasteiger partial charge in [-0.2, -0.15) is 0 Å². The molecule has 1 aromatic carbocycles. The van der Waals surface area contributed by atoms with Gasteiger partial charge in [0.25, 0.3) is 0 Å². The minimum absolute atomic E-state index is 0.209. The van der Waals surface area contributed by atoms with Crippen LogP contribution in [-0.4, -0.2) is 38.3 Å². The van der Waals surface area contributed by atoms with E-state index in [0.29, 0.717) is 13.0 Å². The predicted octanol–water partition coefficient (Wildman–Crippen LogP) is 1.06. The molecule has 2 rings (SSSR count). The molecule has 1 fully saturated rings. The van der Waals surface area contributed by atoms with Crippen molar-refractivity contribution in [3.05, 3.63) is 35.9 Å². The monoisotopic (exact) mass is 292 g/mol. The Morgan fingerprint density at radius 1 is 1.33 bits per heavy atom. The molecule has 6 heteroatoms. The minimum Gasteiger partial charge on any atom is -0.469 e. The standard InChI is InChI=1S/C15H20N2O4/c1-20-14(18)12-9-16-8-7-13(12)17-15(19)21-10-11-5-3-2-4-6-11/h2-6,12-13,16H,7-10H2,1H3,(H,17,19). The normalized spacial score (nSPS) is 21.4. The third-order valence-electron chi connectivity index (χ3n) is 3.50. The van der Waals surface area contributed by atoms with Gasteiger partial charge in [0.2, 0.25) is 0 Å². The lowest BCUT2D eigenvalue weighted by Crippen LogP contribution is -2.52. The van der Waals surface area contributed by atoms with Crippen molar-refractivity contribution in [2.24, 2.45) is 5.92 Å². The molecule has 1 saturated heterocycles. The lowest BCUT2D eigenvalue weighted by atomic mass is 9.93. The Morgan fingerprint density at radius 3 is 2.81 bits per heavy atom. The summed E-state index contributed by atoms with van der Waals surface area (Å²) in [4.78, 5) is 23.5. The molecule has 21 heavy (non-hydrogen) atoms. The Morgan fingerprint density at radius 2 is 2.10 bits per heavy atom. The van der Waals surface area contributed by atoms with Gasteiger partial charge in [0, 0.05) is 12.6 Å². The molecular formula is C15H20N2O4. The van der Waals surface area contributed by atoms with Crippen LogP contribution in [0.5, 0.6) is 0 Å². The highest BCUT2D eigenvalue weighted by Crippen LogP contribution is 2.13. The second kappa shape index (κ2) is 7.64. The zero-order valence-electron chi connectivity index (χ0n) is 12.0. The van der Waals surface area contributed by atoms with Crippen LogP contribution in [0.1, 0.15) is 12.0 Å². The molecule has 0 bridgehead atoms. The molecule has 2 unspecified atom stereocenters. The average Bonchev–Trinajstić information content (AvgIpc) is 2.54. The topological polar surface area (TPSA) is 76.7 Å². The molecule has 0 spiro atoms. The summed E-state index contributed by atoms with van der Waals surface area (Å²) in [6.07, 6.45) is 0.153. The lowest BCUT2D eigenvalue weighted by Gasteiger charge is -2.30. The molecule has 0 saturated carbocycles. The summed E-state index contributed by atoms with van der Waals surface area (Å²) in [5, 5.41) is 5.87. The first-order valence-electron chi connectivity index (χ1n) is 6.96. The molecule has 1 heterocycles. The van der Waals surface area contributed by atoms with Crippen molar-refractivity contribution in [1.29, 1.82) is 0 Å². The Labute approximate surface area is 123 Å². The van der Waals surface area contributed by atoms with Crippen LogP contribution in [-0.2, 0) is 20.9 Å². The number of piperidine rings is 1. The number of benzene rings is 1. The number of hydrogen-bond acceptors (Lipinski definition) is 5. The number of rotatable bonds is 4. The van der Waals surface area contributed by atoms with Crippen LogP contribution in [0.15, 0.2) is 30.3 Å². The molecular weight excluding hydrogens is 272 g/mol. The number of hydrogen-bond donors (Lipinski definition) is 2. The Bertz CT molecular complexity index is 478. The molecule has 0 aliphatic carbocycles. The summed E-state index contributed by atoms with van der Waals surface area (Å²) >= 11 is 0. The molecule has 2 N–H and O–H groups in total. The van der Waals surface area contributed by atoms with E-state index in [2.05, 4.69) is 10.6 Å². The van der Waals surface area contributed by atoms with Crippen LogP contribution in [0.3, 0.4) is 0 Å². The van der Waals surface area contributed by atoms with Crippen LogP contribution in [0, 0.1) is 5.92 Å². The fourth-order valence-corrected chi connectivity index (χ4v) is 2.35. The summed E-state index contributed by atoms with van der Waals surface area (Å²) in [6, 6.07) is 9.18. The first-order chi connectivity index (χ1) is 10.2. The summed E-state index contributed by atoms with van der Waals surface area (Å²) in [7, 11) is 1.35. The Balaban J connectivity index is 1.84. The van der Waals surface area contributed by atoms with E-state index in [9.17, 15) is 9.59 Å². The minimum atomic E-state index is -0.514. The smallest absolute Gasteiger partial charge is 0.407 e. The summed E-state index contributed by atoms with van der Waals surface area (Å²) in [5.74, 6) is -0.705. The third kappa shape index (κ3) is 4.46. The lowest BCUT2D eigenvalue weighted by molar-refractivity contribution is -0.146. The van der Waals surface area contributed by atoms with E-state index in [-0.39, 0.29) is 24.5 Å². The number of esters is 1. The zero-order chi connectivity index (χ0) is 15.1. The molecule has 1 amide bonds. The zero-order valence-corrected chi connectivity index (χ0v) is 12.0. The maximum absolute atomic E-state index is 11.8. The second-order valence-electron chi connectivity index (χ2n) is 4.94. The number of carbonyl (C=O) groups is 2. The number of amides is 1. The summed E-state index contributed by atoms with van der Waals surface area (Å²) < 4.78 is 9.93. The largest absolute Gasteiger partial charge is 0.469 e. The molecule has 0 radical (unpaired) electrons. The van der Waals surface area contributed by atoms with E-state index in [4.69, 9.17) is 9.47 Å². The van der Waals surface area contributed by atoms with Crippen molar-refractivity contribution in [2.45, 2.75) is 19.1 Å². The van der Waals surface area contributed by atoms with Gasteiger partial charge in [0.15, 0.2) is 0 Å². The van der Waals surface area contributed by atoms with Crippen molar-refractivity contribution >= 4 is 12.1 Å². The maximum atomic E-state index is 11.8. The highest BCUT2D eigenvalue weighted by Gasteiger charge is 2.33.